The fourth-order valence-electron chi connectivity index (χ4n) is 7.48. The van der Waals surface area contributed by atoms with E-state index in [1.54, 1.807) is 27.1 Å². The monoisotopic (exact) mass is 523 g/mol. The number of anilines is 1. The molecule has 11 heteroatoms. The number of likely N-dealkylation sites (N-methyl/N-ethyl adjacent to an activating group) is 1. The van der Waals surface area contributed by atoms with Crippen LogP contribution in [0.4, 0.5) is 5.69 Å². The minimum absolute atomic E-state index is 0.0896. The average molecular weight is 524 g/mol. The van der Waals surface area contributed by atoms with Crippen molar-refractivity contribution in [3.63, 3.8) is 0 Å². The number of amides is 1. The van der Waals surface area contributed by atoms with Crippen LogP contribution in [0.25, 0.3) is 11.1 Å². The number of furan rings is 1. The normalized spacial score (nSPS) is 34.6. The Kier molecular flexibility index (Phi) is 5.32. The summed E-state index contributed by atoms with van der Waals surface area (Å²) in [4.78, 5) is 68.9. The van der Waals surface area contributed by atoms with Crippen molar-refractivity contribution >= 4 is 34.7 Å². The second kappa shape index (κ2) is 7.84. The molecule has 6 N–H and O–H groups in total. The molecule has 1 aromatic heterocycles. The van der Waals surface area contributed by atoms with Crippen molar-refractivity contribution in [1.82, 2.24) is 4.90 Å². The van der Waals surface area contributed by atoms with Crippen molar-refractivity contribution in [2.45, 2.75) is 38.3 Å². The van der Waals surface area contributed by atoms with Crippen LogP contribution in [-0.4, -0.2) is 69.9 Å². The molecule has 2 unspecified atom stereocenters. The Morgan fingerprint density at radius 3 is 2.37 bits per heavy atom. The first-order valence-corrected chi connectivity index (χ1v) is 12.1. The summed E-state index contributed by atoms with van der Waals surface area (Å²) in [6, 6.07) is 1.96. The Bertz CT molecular complexity index is 1450. The van der Waals surface area contributed by atoms with Gasteiger partial charge in [-0.2, -0.15) is 0 Å². The number of nitrogens with two attached hydrogens (primary N) is 2. The number of Topliss-reactive ketones (excluding diaryl/α,β-unsaturated/α-hetero) is 4. The van der Waals surface area contributed by atoms with Crippen molar-refractivity contribution in [2.24, 2.45) is 28.4 Å². The number of rotatable bonds is 3. The quantitative estimate of drug-likeness (QED) is 0.250. The Balaban J connectivity index is 1.77. The summed E-state index contributed by atoms with van der Waals surface area (Å²) in [5.74, 6) is -9.42. The van der Waals surface area contributed by atoms with Crippen LogP contribution in [0.5, 0.6) is 5.75 Å². The summed E-state index contributed by atoms with van der Waals surface area (Å²) in [7, 11) is 3.08. The Hall–Kier alpha value is -3.83. The van der Waals surface area contributed by atoms with Gasteiger partial charge < -0.3 is 26.1 Å². The maximum atomic E-state index is 14.2. The number of nitrogens with zero attached hydrogens (tertiary/aromatic N) is 1. The lowest BCUT2D eigenvalue weighted by Gasteiger charge is -2.61. The summed E-state index contributed by atoms with van der Waals surface area (Å²) >= 11 is 0. The van der Waals surface area contributed by atoms with Crippen molar-refractivity contribution in [2.75, 3.05) is 19.8 Å². The van der Waals surface area contributed by atoms with Gasteiger partial charge in [0.2, 0.25) is 5.91 Å². The lowest BCUT2D eigenvalue weighted by molar-refractivity contribution is -0.203. The number of carbonyl (C=O) groups is 5. The first-order chi connectivity index (χ1) is 17.6. The highest BCUT2D eigenvalue weighted by molar-refractivity contribution is 6.33. The maximum Gasteiger partial charge on any atom is 0.235 e. The second-order valence-electron chi connectivity index (χ2n) is 11.5. The zero-order valence-corrected chi connectivity index (χ0v) is 21.4. The van der Waals surface area contributed by atoms with E-state index in [4.69, 9.17) is 15.9 Å². The van der Waals surface area contributed by atoms with Gasteiger partial charge in [-0.3, -0.25) is 28.9 Å². The van der Waals surface area contributed by atoms with E-state index in [9.17, 15) is 34.2 Å². The molecule has 0 spiro atoms. The van der Waals surface area contributed by atoms with Gasteiger partial charge in [-0.1, -0.05) is 13.8 Å². The summed E-state index contributed by atoms with van der Waals surface area (Å²) in [6.07, 6.45) is 2.90. The molecule has 1 aromatic carbocycles. The molecule has 3 aliphatic rings. The van der Waals surface area contributed by atoms with Crippen LogP contribution in [0.1, 0.15) is 36.2 Å². The van der Waals surface area contributed by atoms with Crippen LogP contribution >= 0.6 is 0 Å². The van der Waals surface area contributed by atoms with Gasteiger partial charge in [0.15, 0.2) is 34.7 Å². The summed E-state index contributed by atoms with van der Waals surface area (Å²) in [6.45, 7) is 3.15. The number of phenolic OH excluding ortho intramolecular Hbond substituents is 1. The third-order valence-electron chi connectivity index (χ3n) is 8.85. The van der Waals surface area contributed by atoms with E-state index >= 15 is 0 Å². The first-order valence-electron chi connectivity index (χ1n) is 12.1. The minimum Gasteiger partial charge on any atom is -0.505 e. The SMILES string of the molecule is CN(C)[C@@H]1C(=O)C(C(N)=O)C(=O)[C@@]2(O)C(=O)C3C(=O)c4c(O)c(N)cc(-c5ccoc5)c4C[C@@]3(C)C[C@@]12C. The topological polar surface area (TPSA) is 194 Å². The predicted molar refractivity (Wildman–Crippen MR) is 133 cm³/mol. The molecule has 1 amide bonds. The van der Waals surface area contributed by atoms with E-state index in [1.807, 2.05) is 0 Å². The highest BCUT2D eigenvalue weighted by atomic mass is 16.3. The average Bonchev–Trinajstić information content (AvgIpc) is 3.33. The van der Waals surface area contributed by atoms with Crippen molar-refractivity contribution in [3.05, 3.63) is 35.8 Å². The van der Waals surface area contributed by atoms with Crippen LogP contribution in [0.3, 0.4) is 0 Å². The van der Waals surface area contributed by atoms with Crippen LogP contribution in [0.15, 0.2) is 29.1 Å². The number of carbonyl (C=O) groups excluding carboxylic acids is 5. The molecule has 3 aliphatic carbocycles. The van der Waals surface area contributed by atoms with Gasteiger partial charge in [0.05, 0.1) is 35.7 Å². The van der Waals surface area contributed by atoms with Crippen molar-refractivity contribution in [1.29, 1.82) is 0 Å². The third kappa shape index (κ3) is 2.94. The molecule has 0 saturated heterocycles. The smallest absolute Gasteiger partial charge is 0.235 e. The van der Waals surface area contributed by atoms with Gasteiger partial charge in [-0.05, 0) is 55.6 Å². The van der Waals surface area contributed by atoms with E-state index in [2.05, 4.69) is 0 Å². The van der Waals surface area contributed by atoms with Gasteiger partial charge in [0.25, 0.3) is 0 Å². The number of fused-ring (bicyclic) bond motifs is 3. The summed E-state index contributed by atoms with van der Waals surface area (Å²) < 4.78 is 5.21. The van der Waals surface area contributed by atoms with Crippen LogP contribution < -0.4 is 11.5 Å². The Morgan fingerprint density at radius 1 is 1.16 bits per heavy atom. The van der Waals surface area contributed by atoms with Crippen LogP contribution in [0.2, 0.25) is 0 Å². The number of primary amides is 1. The van der Waals surface area contributed by atoms with Gasteiger partial charge in [-0.15, -0.1) is 0 Å². The van der Waals surface area contributed by atoms with Crippen molar-refractivity contribution < 1.29 is 38.6 Å². The van der Waals surface area contributed by atoms with E-state index in [1.165, 1.54) is 30.4 Å². The van der Waals surface area contributed by atoms with E-state index < -0.39 is 69.1 Å². The maximum absolute atomic E-state index is 14.2. The summed E-state index contributed by atoms with van der Waals surface area (Å²) in [5, 5.41) is 22.8. The van der Waals surface area contributed by atoms with Crippen LogP contribution in [-0.2, 0) is 25.6 Å². The number of nitrogen functional groups attached to an aromatic ring is 1. The lowest BCUT2D eigenvalue weighted by Crippen LogP contribution is -2.79. The number of phenols is 1. The number of ketones is 4. The number of benzene rings is 1. The molecule has 0 aliphatic heterocycles. The second-order valence-corrected chi connectivity index (χ2v) is 11.5. The molecule has 2 aromatic rings. The largest absolute Gasteiger partial charge is 0.505 e. The Labute approximate surface area is 217 Å². The molecule has 0 radical (unpaired) electrons. The number of hydrogen-bond acceptors (Lipinski definition) is 10. The van der Waals surface area contributed by atoms with Gasteiger partial charge in [-0.25, -0.2) is 0 Å². The molecule has 2 fully saturated rings. The molecular weight excluding hydrogens is 494 g/mol. The zero-order chi connectivity index (χ0) is 28.1. The van der Waals surface area contributed by atoms with Gasteiger partial charge in [0.1, 0.15) is 5.75 Å². The lowest BCUT2D eigenvalue weighted by atomic mass is 9.42. The summed E-state index contributed by atoms with van der Waals surface area (Å²) in [5.41, 5.74) is 7.01. The molecule has 6 atom stereocenters. The fraction of sp³-hybridized carbons (Fsp3) is 0.444. The highest BCUT2D eigenvalue weighted by Gasteiger charge is 2.76. The van der Waals surface area contributed by atoms with Crippen molar-refractivity contribution in [3.8, 4) is 16.9 Å². The zero-order valence-electron chi connectivity index (χ0n) is 21.4. The minimum atomic E-state index is -2.85. The highest BCUT2D eigenvalue weighted by Crippen LogP contribution is 2.62. The molecule has 200 valence electrons. The molecular formula is C27H29N3O8. The van der Waals surface area contributed by atoms with E-state index in [0.29, 0.717) is 16.7 Å². The van der Waals surface area contributed by atoms with Gasteiger partial charge >= 0.3 is 0 Å². The van der Waals surface area contributed by atoms with Crippen LogP contribution in [0, 0.1) is 22.7 Å². The third-order valence-corrected chi connectivity index (χ3v) is 8.85. The molecule has 11 nitrogen and oxygen atoms in total. The van der Waals surface area contributed by atoms with Gasteiger partial charge in [0, 0.05) is 11.0 Å². The number of hydrogen-bond donors (Lipinski definition) is 4. The number of aromatic hydroxyl groups is 1. The first kappa shape index (κ1) is 25.8. The molecule has 1 heterocycles. The molecule has 38 heavy (non-hydrogen) atoms. The fourth-order valence-corrected chi connectivity index (χ4v) is 7.48. The molecule has 0 bridgehead atoms. The van der Waals surface area contributed by atoms with E-state index in [-0.39, 0.29) is 24.1 Å². The molecule has 5 rings (SSSR count). The molecule has 2 saturated carbocycles. The van der Waals surface area contributed by atoms with E-state index in [0.717, 1.165) is 0 Å². The Morgan fingerprint density at radius 2 is 1.82 bits per heavy atom. The number of aliphatic hydroxyl groups is 1. The standard InChI is InChI=1S/C27H29N3O8/c1-25-8-13-12(11-5-6-38-9-11)7-14(28)18(31)15(13)19(32)17(25)23(35)27(37)22(34)16(24(29)36)20(33)21(30(3)4)26(27,2)10-25/h5-7,9,16-17,21,31,37H,8,10,28H2,1-4H3,(H2,29,36)/t16?,17?,21-,25+,26+,27-/m1/s1. The predicted octanol–water partition coefficient (Wildman–Crippen LogP) is 0.489.